The van der Waals surface area contributed by atoms with E-state index in [0.29, 0.717) is 0 Å². The Morgan fingerprint density at radius 1 is 1.20 bits per heavy atom. The highest BCUT2D eigenvalue weighted by molar-refractivity contribution is 5.89. The lowest BCUT2D eigenvalue weighted by molar-refractivity contribution is 0.960. The number of H-pyrrole nitrogens is 1. The van der Waals surface area contributed by atoms with Crippen molar-refractivity contribution in [2.24, 2.45) is 0 Å². The van der Waals surface area contributed by atoms with Crippen LogP contribution in [0.25, 0.3) is 17.0 Å². The molecule has 1 aliphatic carbocycles. The predicted molar refractivity (Wildman–Crippen MR) is 61.9 cm³/mol. The third kappa shape index (κ3) is 1.22. The van der Waals surface area contributed by atoms with Crippen LogP contribution < -0.4 is 5.56 Å². The van der Waals surface area contributed by atoms with E-state index in [2.05, 4.69) is 23.2 Å². The first-order valence-electron chi connectivity index (χ1n) is 5.17. The molecule has 0 amide bonds. The Morgan fingerprint density at radius 2 is 2.07 bits per heavy atom. The van der Waals surface area contributed by atoms with Crippen LogP contribution in [0.3, 0.4) is 0 Å². The quantitative estimate of drug-likeness (QED) is 0.691. The number of nitrogens with one attached hydrogen (secondary N) is 1. The molecule has 0 saturated heterocycles. The molecule has 0 bridgehead atoms. The summed E-state index contributed by atoms with van der Waals surface area (Å²) in [6, 6.07) is 7.94. The van der Waals surface area contributed by atoms with E-state index < -0.39 is 0 Å². The van der Waals surface area contributed by atoms with Gasteiger partial charge in [0.15, 0.2) is 0 Å². The number of hydrogen-bond donors (Lipinski definition) is 1. The van der Waals surface area contributed by atoms with E-state index in [9.17, 15) is 4.79 Å². The Morgan fingerprint density at radius 3 is 3.00 bits per heavy atom. The fourth-order valence-corrected chi connectivity index (χ4v) is 2.18. The molecule has 1 heterocycles. The van der Waals surface area contributed by atoms with Crippen LogP contribution in [0.5, 0.6) is 0 Å². The Balaban J connectivity index is 2.52. The second-order valence-corrected chi connectivity index (χ2v) is 3.83. The molecule has 0 fully saturated rings. The van der Waals surface area contributed by atoms with E-state index in [1.807, 2.05) is 18.2 Å². The van der Waals surface area contributed by atoms with Gasteiger partial charge in [-0.3, -0.25) is 4.79 Å². The Hall–Kier alpha value is -1.83. The van der Waals surface area contributed by atoms with Gasteiger partial charge in [-0.05, 0) is 24.5 Å². The molecule has 1 aromatic carbocycles. The number of fused-ring (bicyclic) bond motifs is 3. The minimum atomic E-state index is 0.0630. The first-order chi connectivity index (χ1) is 7.36. The summed E-state index contributed by atoms with van der Waals surface area (Å²) in [7, 11) is 0. The normalized spacial score (nSPS) is 14.1. The van der Waals surface area contributed by atoms with Gasteiger partial charge in [-0.1, -0.05) is 30.4 Å². The standard InChI is InChI=1S/C13H11NO/c15-13-11-7-2-1-5-9(11)10-6-3-4-8-12(10)14-13/h1,3-6,8H,2,7H2,(H,14,15). The number of aromatic amines is 1. The van der Waals surface area contributed by atoms with Crippen LogP contribution in [0.15, 0.2) is 35.1 Å². The zero-order valence-corrected chi connectivity index (χ0v) is 8.29. The molecule has 2 aromatic rings. The van der Waals surface area contributed by atoms with Crippen LogP contribution >= 0.6 is 0 Å². The smallest absolute Gasteiger partial charge is 0.252 e. The molecular weight excluding hydrogens is 186 g/mol. The summed E-state index contributed by atoms with van der Waals surface area (Å²) < 4.78 is 0. The molecule has 0 aliphatic heterocycles. The van der Waals surface area contributed by atoms with E-state index in [1.54, 1.807) is 0 Å². The fraction of sp³-hybridized carbons (Fsp3) is 0.154. The number of rotatable bonds is 0. The van der Waals surface area contributed by atoms with Gasteiger partial charge >= 0.3 is 0 Å². The van der Waals surface area contributed by atoms with Crippen molar-refractivity contribution in [3.63, 3.8) is 0 Å². The van der Waals surface area contributed by atoms with E-state index in [-0.39, 0.29) is 5.56 Å². The van der Waals surface area contributed by atoms with Gasteiger partial charge in [0.05, 0.1) is 0 Å². The van der Waals surface area contributed by atoms with Crippen molar-refractivity contribution in [2.75, 3.05) is 0 Å². The molecule has 2 nitrogen and oxygen atoms in total. The minimum absolute atomic E-state index is 0.0630. The summed E-state index contributed by atoms with van der Waals surface area (Å²) in [5, 5.41) is 1.14. The van der Waals surface area contributed by atoms with Gasteiger partial charge < -0.3 is 4.98 Å². The van der Waals surface area contributed by atoms with Crippen molar-refractivity contribution >= 4 is 17.0 Å². The molecule has 1 aliphatic rings. The summed E-state index contributed by atoms with van der Waals surface area (Å²) >= 11 is 0. The molecule has 0 spiro atoms. The zero-order valence-electron chi connectivity index (χ0n) is 8.29. The van der Waals surface area contributed by atoms with Gasteiger partial charge in [0, 0.05) is 16.5 Å². The van der Waals surface area contributed by atoms with E-state index >= 15 is 0 Å². The van der Waals surface area contributed by atoms with Crippen LogP contribution in [-0.2, 0) is 6.42 Å². The minimum Gasteiger partial charge on any atom is -0.322 e. The van der Waals surface area contributed by atoms with Gasteiger partial charge in [-0.25, -0.2) is 0 Å². The van der Waals surface area contributed by atoms with Crippen molar-refractivity contribution in [1.29, 1.82) is 0 Å². The summed E-state index contributed by atoms with van der Waals surface area (Å²) in [6.45, 7) is 0. The maximum absolute atomic E-state index is 11.8. The van der Waals surface area contributed by atoms with Gasteiger partial charge in [0.25, 0.3) is 5.56 Å². The average molecular weight is 197 g/mol. The number of hydrogen-bond acceptors (Lipinski definition) is 1. The van der Waals surface area contributed by atoms with E-state index in [4.69, 9.17) is 0 Å². The number of benzene rings is 1. The third-order valence-electron chi connectivity index (χ3n) is 2.91. The number of para-hydroxylation sites is 1. The lowest BCUT2D eigenvalue weighted by Crippen LogP contribution is -2.16. The lowest BCUT2D eigenvalue weighted by Gasteiger charge is -2.11. The van der Waals surface area contributed by atoms with Crippen molar-refractivity contribution in [3.05, 3.63) is 51.8 Å². The fourth-order valence-electron chi connectivity index (χ4n) is 2.18. The van der Waals surface area contributed by atoms with E-state index in [0.717, 1.165) is 34.9 Å². The monoisotopic (exact) mass is 197 g/mol. The Labute approximate surface area is 87.3 Å². The van der Waals surface area contributed by atoms with Gasteiger partial charge in [-0.2, -0.15) is 0 Å². The number of allylic oxidation sites excluding steroid dienone is 1. The SMILES string of the molecule is O=c1[nH]c2ccccc2c2c1CCC=C2. The number of aromatic nitrogens is 1. The van der Waals surface area contributed by atoms with Crippen LogP contribution in [0.2, 0.25) is 0 Å². The summed E-state index contributed by atoms with van der Waals surface area (Å²) in [6.07, 6.45) is 6.02. The van der Waals surface area contributed by atoms with Gasteiger partial charge in [0.1, 0.15) is 0 Å². The average Bonchev–Trinajstić information content (AvgIpc) is 2.30. The molecule has 0 saturated carbocycles. The van der Waals surface area contributed by atoms with Gasteiger partial charge in [0.2, 0.25) is 0 Å². The highest BCUT2D eigenvalue weighted by atomic mass is 16.1. The Bertz CT molecular complexity index is 607. The predicted octanol–water partition coefficient (Wildman–Crippen LogP) is 2.49. The first kappa shape index (κ1) is 8.48. The maximum atomic E-state index is 11.8. The number of pyridine rings is 1. The second kappa shape index (κ2) is 3.09. The molecule has 15 heavy (non-hydrogen) atoms. The van der Waals surface area contributed by atoms with Crippen molar-refractivity contribution in [1.82, 2.24) is 4.98 Å². The molecule has 2 heteroatoms. The lowest BCUT2D eigenvalue weighted by atomic mass is 9.95. The van der Waals surface area contributed by atoms with E-state index in [1.165, 1.54) is 0 Å². The highest BCUT2D eigenvalue weighted by Crippen LogP contribution is 2.23. The first-order valence-corrected chi connectivity index (χ1v) is 5.17. The van der Waals surface area contributed by atoms with Crippen LogP contribution in [-0.4, -0.2) is 4.98 Å². The van der Waals surface area contributed by atoms with Crippen molar-refractivity contribution in [3.8, 4) is 0 Å². The topological polar surface area (TPSA) is 32.9 Å². The van der Waals surface area contributed by atoms with Crippen LogP contribution in [0.4, 0.5) is 0 Å². The molecule has 3 rings (SSSR count). The Kier molecular flexibility index (Phi) is 1.75. The summed E-state index contributed by atoms with van der Waals surface area (Å²) in [4.78, 5) is 14.7. The van der Waals surface area contributed by atoms with Crippen molar-refractivity contribution in [2.45, 2.75) is 12.8 Å². The van der Waals surface area contributed by atoms with Gasteiger partial charge in [-0.15, -0.1) is 0 Å². The molecule has 1 aromatic heterocycles. The van der Waals surface area contributed by atoms with Crippen LogP contribution in [0.1, 0.15) is 17.5 Å². The molecule has 0 atom stereocenters. The summed E-state index contributed by atoms with van der Waals surface area (Å²) in [5.41, 5.74) is 3.01. The molecule has 0 unspecified atom stereocenters. The highest BCUT2D eigenvalue weighted by Gasteiger charge is 2.11. The molecule has 74 valence electrons. The van der Waals surface area contributed by atoms with Crippen molar-refractivity contribution < 1.29 is 0 Å². The molecular formula is C13H11NO. The largest absolute Gasteiger partial charge is 0.322 e. The van der Waals surface area contributed by atoms with Crippen LogP contribution in [0, 0.1) is 0 Å². The summed E-state index contributed by atoms with van der Waals surface area (Å²) in [5.74, 6) is 0. The molecule has 0 radical (unpaired) electrons. The second-order valence-electron chi connectivity index (χ2n) is 3.83. The zero-order chi connectivity index (χ0) is 10.3. The molecule has 1 N–H and O–H groups in total. The maximum Gasteiger partial charge on any atom is 0.252 e. The third-order valence-corrected chi connectivity index (χ3v) is 2.91.